The summed E-state index contributed by atoms with van der Waals surface area (Å²) in [4.78, 5) is 30.9. The monoisotopic (exact) mass is 894 g/mol. The minimum Gasteiger partial charge on any atom is -0.208 e. The molecule has 70 heavy (non-hydrogen) atoms. The van der Waals surface area contributed by atoms with Crippen molar-refractivity contribution in [2.45, 2.75) is 0 Å². The molecule has 0 fully saturated rings. The molecule has 0 aliphatic rings. The molecule has 0 atom stereocenters. The van der Waals surface area contributed by atoms with E-state index in [4.69, 9.17) is 29.9 Å². The molecule has 0 aliphatic heterocycles. The SMILES string of the molecule is N#Cc1cccc(-c2cccc(-c3nc(-c4ccccc4)nc(-c4ccccc4-c4ccccc4-c4ccccc4-c4nc(-c5ccccc5)nc(-c5cccc(-c6cccc(C#N)c6)c5)n4)n3)c2)c1. The molecule has 8 heteroatoms. The first kappa shape index (κ1) is 42.6. The minimum atomic E-state index is 0.524. The number of nitriles is 2. The van der Waals surface area contributed by atoms with Crippen LogP contribution in [0.3, 0.4) is 0 Å². The summed E-state index contributed by atoms with van der Waals surface area (Å²) >= 11 is 0. The fraction of sp³-hybridized carbons (Fsp3) is 0. The van der Waals surface area contributed by atoms with Gasteiger partial charge in [-0.25, -0.2) is 29.9 Å². The predicted molar refractivity (Wildman–Crippen MR) is 277 cm³/mol. The largest absolute Gasteiger partial charge is 0.208 e. The van der Waals surface area contributed by atoms with E-state index in [2.05, 4.69) is 60.7 Å². The minimum absolute atomic E-state index is 0.524. The lowest BCUT2D eigenvalue weighted by molar-refractivity contribution is 1.07. The van der Waals surface area contributed by atoms with Crippen LogP contribution < -0.4 is 0 Å². The third-order valence-electron chi connectivity index (χ3n) is 12.1. The van der Waals surface area contributed by atoms with Gasteiger partial charge in [0, 0.05) is 33.4 Å². The van der Waals surface area contributed by atoms with Crippen molar-refractivity contribution in [3.63, 3.8) is 0 Å². The second-order valence-electron chi connectivity index (χ2n) is 16.5. The standard InChI is InChI=1S/C62H38N8/c63-39-41-17-13-23-45(35-41)47-25-15-27-49(37-47)59-65-57(43-19-3-1-4-20-43)67-61(69-59)55-33-11-9-31-53(55)51-29-7-8-30-52(51)54-32-10-12-34-56(54)62-68-58(44-21-5-2-6-22-44)66-60(70-62)50-28-16-26-48(38-50)46-24-14-18-42(36-46)40-64/h1-38H. The Morgan fingerprint density at radius 1 is 0.214 bits per heavy atom. The summed E-state index contributed by atoms with van der Waals surface area (Å²) in [6.07, 6.45) is 0. The molecule has 0 aliphatic carbocycles. The van der Waals surface area contributed by atoms with E-state index in [0.717, 1.165) is 77.9 Å². The van der Waals surface area contributed by atoms with Gasteiger partial charge in [-0.1, -0.05) is 194 Å². The molecule has 9 aromatic carbocycles. The van der Waals surface area contributed by atoms with E-state index in [1.807, 2.05) is 170 Å². The molecule has 0 radical (unpaired) electrons. The maximum Gasteiger partial charge on any atom is 0.164 e. The quantitative estimate of drug-likeness (QED) is 0.133. The van der Waals surface area contributed by atoms with E-state index in [1.165, 1.54) is 0 Å². The van der Waals surface area contributed by atoms with Gasteiger partial charge in [0.2, 0.25) is 0 Å². The van der Waals surface area contributed by atoms with Gasteiger partial charge in [0.05, 0.1) is 23.3 Å². The van der Waals surface area contributed by atoms with E-state index in [0.29, 0.717) is 46.1 Å². The summed E-state index contributed by atoms with van der Waals surface area (Å²) < 4.78 is 0. The molecule has 11 aromatic rings. The average molecular weight is 895 g/mol. The van der Waals surface area contributed by atoms with E-state index in [1.54, 1.807) is 12.1 Å². The zero-order chi connectivity index (χ0) is 47.2. The Kier molecular flexibility index (Phi) is 11.6. The van der Waals surface area contributed by atoms with Crippen LogP contribution in [0.2, 0.25) is 0 Å². The van der Waals surface area contributed by atoms with Crippen molar-refractivity contribution in [2.24, 2.45) is 0 Å². The van der Waals surface area contributed by atoms with Crippen LogP contribution in [0.5, 0.6) is 0 Å². The van der Waals surface area contributed by atoms with E-state index >= 15 is 0 Å². The first-order valence-electron chi connectivity index (χ1n) is 22.7. The zero-order valence-electron chi connectivity index (χ0n) is 37.5. The number of hydrogen-bond donors (Lipinski definition) is 0. The van der Waals surface area contributed by atoms with Crippen molar-refractivity contribution >= 4 is 0 Å². The van der Waals surface area contributed by atoms with Crippen LogP contribution in [0, 0.1) is 22.7 Å². The van der Waals surface area contributed by atoms with Gasteiger partial charge >= 0.3 is 0 Å². The fourth-order valence-corrected chi connectivity index (χ4v) is 8.67. The molecule has 0 saturated heterocycles. The maximum atomic E-state index is 9.63. The van der Waals surface area contributed by atoms with Gasteiger partial charge in [-0.2, -0.15) is 10.5 Å². The highest BCUT2D eigenvalue weighted by Crippen LogP contribution is 2.41. The van der Waals surface area contributed by atoms with Crippen molar-refractivity contribution in [1.82, 2.24) is 29.9 Å². The Labute approximate surface area is 405 Å². The molecular weight excluding hydrogens is 857 g/mol. The van der Waals surface area contributed by atoms with Crippen LogP contribution in [0.1, 0.15) is 11.1 Å². The maximum absolute atomic E-state index is 9.63. The Morgan fingerprint density at radius 2 is 0.471 bits per heavy atom. The molecule has 0 amide bonds. The number of benzene rings is 9. The first-order valence-corrected chi connectivity index (χ1v) is 22.7. The average Bonchev–Trinajstić information content (AvgIpc) is 3.45. The van der Waals surface area contributed by atoms with Crippen LogP contribution >= 0.6 is 0 Å². The van der Waals surface area contributed by atoms with Crippen molar-refractivity contribution in [3.8, 4) is 125 Å². The number of rotatable bonds is 10. The molecule has 11 rings (SSSR count). The smallest absolute Gasteiger partial charge is 0.164 e. The Morgan fingerprint density at radius 3 is 0.843 bits per heavy atom. The second kappa shape index (κ2) is 19.1. The number of hydrogen-bond acceptors (Lipinski definition) is 8. The van der Waals surface area contributed by atoms with Crippen molar-refractivity contribution < 1.29 is 0 Å². The first-order chi connectivity index (χ1) is 34.6. The van der Waals surface area contributed by atoms with Gasteiger partial charge in [-0.05, 0) is 80.9 Å². The Bertz CT molecular complexity index is 3570. The fourth-order valence-electron chi connectivity index (χ4n) is 8.67. The van der Waals surface area contributed by atoms with Gasteiger partial charge in [-0.15, -0.1) is 0 Å². The second-order valence-corrected chi connectivity index (χ2v) is 16.5. The van der Waals surface area contributed by atoms with Crippen LogP contribution in [-0.2, 0) is 0 Å². The third-order valence-corrected chi connectivity index (χ3v) is 12.1. The van der Waals surface area contributed by atoms with E-state index in [-0.39, 0.29) is 0 Å². The van der Waals surface area contributed by atoms with Gasteiger partial charge in [0.1, 0.15) is 0 Å². The van der Waals surface area contributed by atoms with E-state index < -0.39 is 0 Å². The summed E-state index contributed by atoms with van der Waals surface area (Å²) in [6.45, 7) is 0. The van der Waals surface area contributed by atoms with Gasteiger partial charge in [0.15, 0.2) is 34.9 Å². The zero-order valence-corrected chi connectivity index (χ0v) is 37.5. The summed E-state index contributed by atoms with van der Waals surface area (Å²) in [5.74, 6) is 3.19. The van der Waals surface area contributed by atoms with E-state index in [9.17, 15) is 10.5 Å². The Hall–Kier alpha value is -10.0. The van der Waals surface area contributed by atoms with Crippen LogP contribution in [0.25, 0.3) is 113 Å². The Balaban J connectivity index is 1.05. The molecule has 0 bridgehead atoms. The summed E-state index contributed by atoms with van der Waals surface area (Å²) in [6, 6.07) is 80.5. The van der Waals surface area contributed by atoms with Gasteiger partial charge in [0.25, 0.3) is 0 Å². The molecule has 8 nitrogen and oxygen atoms in total. The van der Waals surface area contributed by atoms with Gasteiger partial charge < -0.3 is 0 Å². The molecule has 326 valence electrons. The molecule has 0 saturated carbocycles. The number of aromatic nitrogens is 6. The third kappa shape index (κ3) is 8.71. The molecule has 0 spiro atoms. The van der Waals surface area contributed by atoms with Gasteiger partial charge in [-0.3, -0.25) is 0 Å². The van der Waals surface area contributed by atoms with Crippen molar-refractivity contribution in [2.75, 3.05) is 0 Å². The summed E-state index contributed by atoms with van der Waals surface area (Å²) in [7, 11) is 0. The predicted octanol–water partition coefficient (Wildman–Crippen LogP) is 14.5. The topological polar surface area (TPSA) is 125 Å². The molecule has 0 unspecified atom stereocenters. The summed E-state index contributed by atoms with van der Waals surface area (Å²) in [5.41, 5.74) is 13.8. The van der Waals surface area contributed by atoms with Crippen molar-refractivity contribution in [1.29, 1.82) is 10.5 Å². The lowest BCUT2D eigenvalue weighted by Gasteiger charge is -2.17. The van der Waals surface area contributed by atoms with Crippen LogP contribution in [-0.4, -0.2) is 29.9 Å². The lowest BCUT2D eigenvalue weighted by atomic mass is 9.89. The number of nitrogens with zero attached hydrogens (tertiary/aromatic N) is 8. The lowest BCUT2D eigenvalue weighted by Crippen LogP contribution is -2.02. The molecule has 0 N–H and O–H groups in total. The molecule has 2 heterocycles. The highest BCUT2D eigenvalue weighted by atomic mass is 15.0. The van der Waals surface area contributed by atoms with Crippen LogP contribution in [0.15, 0.2) is 231 Å². The summed E-state index contributed by atoms with van der Waals surface area (Å²) in [5, 5.41) is 19.3. The van der Waals surface area contributed by atoms with Crippen LogP contribution in [0.4, 0.5) is 0 Å². The highest BCUT2D eigenvalue weighted by Gasteiger charge is 2.21. The highest BCUT2D eigenvalue weighted by molar-refractivity contribution is 5.95. The molecular formula is C62H38N8. The molecule has 2 aromatic heterocycles. The normalized spacial score (nSPS) is 10.8. The van der Waals surface area contributed by atoms with Crippen molar-refractivity contribution in [3.05, 3.63) is 242 Å².